The molecule has 1 fully saturated rings. The summed E-state index contributed by atoms with van der Waals surface area (Å²) in [6, 6.07) is 17.3. The number of carbonyl (C=O) groups is 1. The average molecular weight is 378 g/mol. The van der Waals surface area contributed by atoms with Crippen molar-refractivity contribution in [3.8, 4) is 11.8 Å². The number of hydrogen-bond acceptors (Lipinski definition) is 4. The highest BCUT2D eigenvalue weighted by atomic mass is 16.5. The van der Waals surface area contributed by atoms with Crippen LogP contribution in [0.4, 0.5) is 10.5 Å². The Morgan fingerprint density at radius 3 is 2.61 bits per heavy atom. The number of ether oxygens (including phenoxy) is 1. The van der Waals surface area contributed by atoms with Gasteiger partial charge in [0.2, 0.25) is 0 Å². The van der Waals surface area contributed by atoms with Crippen LogP contribution in [0, 0.1) is 11.3 Å². The van der Waals surface area contributed by atoms with Gasteiger partial charge in [-0.3, -0.25) is 0 Å². The molecule has 0 aromatic heterocycles. The maximum Gasteiger partial charge on any atom is 0.317 e. The molecule has 0 spiro atoms. The van der Waals surface area contributed by atoms with Crippen LogP contribution in [-0.2, 0) is 6.54 Å². The zero-order valence-corrected chi connectivity index (χ0v) is 16.6. The van der Waals surface area contributed by atoms with E-state index in [1.807, 2.05) is 35.2 Å². The molecule has 6 nitrogen and oxygen atoms in total. The number of amides is 2. The lowest BCUT2D eigenvalue weighted by molar-refractivity contribution is 0.169. The lowest BCUT2D eigenvalue weighted by Crippen LogP contribution is -2.62. The summed E-state index contributed by atoms with van der Waals surface area (Å²) in [7, 11) is 1.67. The molecule has 146 valence electrons. The number of nitrogens with zero attached hydrogens (tertiary/aromatic N) is 3. The summed E-state index contributed by atoms with van der Waals surface area (Å²) in [5, 5.41) is 11.8. The largest absolute Gasteiger partial charge is 0.497 e. The van der Waals surface area contributed by atoms with E-state index in [0.29, 0.717) is 25.2 Å². The number of rotatable bonds is 4. The van der Waals surface area contributed by atoms with E-state index in [0.717, 1.165) is 23.5 Å². The minimum Gasteiger partial charge on any atom is -0.497 e. The standard InChI is InChI=1S/C22H26N4O2/c1-22(2)16-25(11-12-26(22)19-5-4-6-20(13-19)28-3)21(27)24-15-18-9-7-17(14-23)8-10-18/h4-10,13H,11-12,15-16H2,1-3H3,(H,24,27). The van der Waals surface area contributed by atoms with E-state index in [2.05, 4.69) is 36.2 Å². The van der Waals surface area contributed by atoms with Gasteiger partial charge in [0.1, 0.15) is 5.75 Å². The normalized spacial score (nSPS) is 15.6. The van der Waals surface area contributed by atoms with Crippen LogP contribution in [0.2, 0.25) is 0 Å². The molecular formula is C22H26N4O2. The van der Waals surface area contributed by atoms with Crippen LogP contribution in [0.15, 0.2) is 48.5 Å². The molecule has 2 aromatic rings. The first-order chi connectivity index (χ1) is 13.4. The average Bonchev–Trinajstić information content (AvgIpc) is 2.71. The molecule has 6 heteroatoms. The molecule has 1 N–H and O–H groups in total. The van der Waals surface area contributed by atoms with Gasteiger partial charge in [-0.05, 0) is 43.7 Å². The number of urea groups is 1. The van der Waals surface area contributed by atoms with Crippen LogP contribution >= 0.6 is 0 Å². The van der Waals surface area contributed by atoms with Gasteiger partial charge in [0, 0.05) is 37.9 Å². The van der Waals surface area contributed by atoms with Crippen molar-refractivity contribution in [1.29, 1.82) is 5.26 Å². The van der Waals surface area contributed by atoms with Gasteiger partial charge in [-0.15, -0.1) is 0 Å². The van der Waals surface area contributed by atoms with Gasteiger partial charge in [-0.2, -0.15) is 5.26 Å². The van der Waals surface area contributed by atoms with Gasteiger partial charge < -0.3 is 19.9 Å². The first-order valence-electron chi connectivity index (χ1n) is 9.36. The fourth-order valence-electron chi connectivity index (χ4n) is 3.57. The Labute approximate surface area is 166 Å². The van der Waals surface area contributed by atoms with E-state index in [1.54, 1.807) is 19.2 Å². The summed E-state index contributed by atoms with van der Waals surface area (Å²) < 4.78 is 5.34. The van der Waals surface area contributed by atoms with Crippen LogP contribution in [0.25, 0.3) is 0 Å². The molecule has 3 rings (SSSR count). The summed E-state index contributed by atoms with van der Waals surface area (Å²) >= 11 is 0. The van der Waals surface area contributed by atoms with Crippen molar-refractivity contribution in [2.45, 2.75) is 25.9 Å². The van der Waals surface area contributed by atoms with Crippen LogP contribution in [0.1, 0.15) is 25.0 Å². The van der Waals surface area contributed by atoms with E-state index < -0.39 is 0 Å². The minimum absolute atomic E-state index is 0.0669. The van der Waals surface area contributed by atoms with Crippen LogP contribution in [0.3, 0.4) is 0 Å². The van der Waals surface area contributed by atoms with Gasteiger partial charge >= 0.3 is 6.03 Å². The van der Waals surface area contributed by atoms with Gasteiger partial charge in [0.15, 0.2) is 0 Å². The maximum atomic E-state index is 12.6. The Morgan fingerprint density at radius 1 is 1.21 bits per heavy atom. The third-order valence-corrected chi connectivity index (χ3v) is 5.08. The van der Waals surface area contributed by atoms with Crippen molar-refractivity contribution in [1.82, 2.24) is 10.2 Å². The minimum atomic E-state index is -0.198. The molecule has 0 unspecified atom stereocenters. The highest BCUT2D eigenvalue weighted by molar-refractivity contribution is 5.75. The SMILES string of the molecule is COc1cccc(N2CCN(C(=O)NCc3ccc(C#N)cc3)CC2(C)C)c1. The van der Waals surface area contributed by atoms with E-state index in [1.165, 1.54) is 0 Å². The molecule has 1 aliphatic heterocycles. The van der Waals surface area contributed by atoms with Crippen molar-refractivity contribution >= 4 is 11.7 Å². The topological polar surface area (TPSA) is 68.6 Å². The van der Waals surface area contributed by atoms with Crippen molar-refractivity contribution < 1.29 is 9.53 Å². The quantitative estimate of drug-likeness (QED) is 0.886. The molecule has 0 radical (unpaired) electrons. The number of piperazine rings is 1. The van der Waals surface area contributed by atoms with Gasteiger partial charge in [-0.1, -0.05) is 18.2 Å². The predicted molar refractivity (Wildman–Crippen MR) is 109 cm³/mol. The van der Waals surface area contributed by atoms with Crippen LogP contribution in [-0.4, -0.2) is 43.2 Å². The molecule has 0 bridgehead atoms. The fourth-order valence-corrected chi connectivity index (χ4v) is 3.57. The summed E-state index contributed by atoms with van der Waals surface area (Å²) in [6.07, 6.45) is 0. The number of anilines is 1. The van der Waals surface area contributed by atoms with Crippen molar-refractivity contribution in [3.63, 3.8) is 0 Å². The van der Waals surface area contributed by atoms with Gasteiger partial charge in [0.25, 0.3) is 0 Å². The number of methoxy groups -OCH3 is 1. The van der Waals surface area contributed by atoms with E-state index in [-0.39, 0.29) is 11.6 Å². The second kappa shape index (κ2) is 8.22. The Bertz CT molecular complexity index is 871. The van der Waals surface area contributed by atoms with E-state index in [9.17, 15) is 4.79 Å². The second-order valence-corrected chi connectivity index (χ2v) is 7.55. The lowest BCUT2D eigenvalue weighted by atomic mass is 9.97. The molecule has 1 saturated heterocycles. The third-order valence-electron chi connectivity index (χ3n) is 5.08. The van der Waals surface area contributed by atoms with Crippen molar-refractivity contribution in [3.05, 3.63) is 59.7 Å². The van der Waals surface area contributed by atoms with Crippen LogP contribution in [0.5, 0.6) is 5.75 Å². The molecule has 1 aliphatic rings. The third kappa shape index (κ3) is 4.37. The molecule has 1 heterocycles. The Kier molecular flexibility index (Phi) is 5.74. The maximum absolute atomic E-state index is 12.6. The summed E-state index contributed by atoms with van der Waals surface area (Å²) in [5.74, 6) is 0.830. The molecule has 0 aliphatic carbocycles. The number of benzene rings is 2. The zero-order valence-electron chi connectivity index (χ0n) is 16.6. The molecule has 0 saturated carbocycles. The van der Waals surface area contributed by atoms with E-state index in [4.69, 9.17) is 10.00 Å². The van der Waals surface area contributed by atoms with Gasteiger partial charge in [-0.25, -0.2) is 4.79 Å². The monoisotopic (exact) mass is 378 g/mol. The molecule has 2 amide bonds. The highest BCUT2D eigenvalue weighted by Crippen LogP contribution is 2.30. The number of nitrogens with one attached hydrogen (secondary N) is 1. The Morgan fingerprint density at radius 2 is 1.96 bits per heavy atom. The van der Waals surface area contributed by atoms with Crippen molar-refractivity contribution in [2.75, 3.05) is 31.6 Å². The highest BCUT2D eigenvalue weighted by Gasteiger charge is 2.35. The second-order valence-electron chi connectivity index (χ2n) is 7.55. The van der Waals surface area contributed by atoms with Gasteiger partial charge in [0.05, 0.1) is 24.3 Å². The molecule has 28 heavy (non-hydrogen) atoms. The van der Waals surface area contributed by atoms with Crippen molar-refractivity contribution in [2.24, 2.45) is 0 Å². The molecule has 2 aromatic carbocycles. The first-order valence-corrected chi connectivity index (χ1v) is 9.36. The Hall–Kier alpha value is -3.20. The lowest BCUT2D eigenvalue weighted by Gasteiger charge is -2.48. The molecule has 0 atom stereocenters. The number of nitriles is 1. The Balaban J connectivity index is 1.61. The van der Waals surface area contributed by atoms with E-state index >= 15 is 0 Å². The smallest absolute Gasteiger partial charge is 0.317 e. The number of hydrogen-bond donors (Lipinski definition) is 1. The van der Waals surface area contributed by atoms with Crippen LogP contribution < -0.4 is 15.0 Å². The summed E-state index contributed by atoms with van der Waals surface area (Å²) in [6.45, 7) is 6.77. The zero-order chi connectivity index (χ0) is 20.1. The fraction of sp³-hybridized carbons (Fsp3) is 0.364. The summed E-state index contributed by atoms with van der Waals surface area (Å²) in [5.41, 5.74) is 2.49. The predicted octanol–water partition coefficient (Wildman–Crippen LogP) is 3.38. The first kappa shape index (κ1) is 19.6. The summed E-state index contributed by atoms with van der Waals surface area (Å²) in [4.78, 5) is 16.8. The molecular weight excluding hydrogens is 352 g/mol. The number of carbonyl (C=O) groups excluding carboxylic acids is 1.